The molecule has 0 aromatic heterocycles. The number of ether oxygens (including phenoxy) is 1. The van der Waals surface area contributed by atoms with Gasteiger partial charge in [0.25, 0.3) is 5.69 Å². The number of non-ortho nitro benzene ring substituents is 1. The molecule has 1 aliphatic heterocycles. The van der Waals surface area contributed by atoms with E-state index in [1.165, 1.54) is 19.2 Å². The number of esters is 1. The fourth-order valence-corrected chi connectivity index (χ4v) is 2.55. The van der Waals surface area contributed by atoms with Crippen LogP contribution in [0.3, 0.4) is 0 Å². The minimum atomic E-state index is -0.469. The van der Waals surface area contributed by atoms with Gasteiger partial charge in [0.15, 0.2) is 0 Å². The molecule has 1 aliphatic rings. The first-order valence-electron chi connectivity index (χ1n) is 7.10. The third-order valence-electron chi connectivity index (χ3n) is 3.88. The van der Waals surface area contributed by atoms with Crippen LogP contribution in [-0.4, -0.2) is 41.9 Å². The zero-order valence-corrected chi connectivity index (χ0v) is 12.4. The molecule has 22 heavy (non-hydrogen) atoms. The van der Waals surface area contributed by atoms with Gasteiger partial charge < -0.3 is 9.64 Å². The number of likely N-dealkylation sites (tertiary alicyclic amines) is 1. The minimum absolute atomic E-state index is 0.00934. The molecule has 1 saturated heterocycles. The molecule has 1 heterocycles. The van der Waals surface area contributed by atoms with E-state index >= 15 is 0 Å². The highest BCUT2D eigenvalue weighted by atomic mass is 16.6. The highest BCUT2D eigenvalue weighted by Gasteiger charge is 2.27. The van der Waals surface area contributed by atoms with Crippen LogP contribution in [0.5, 0.6) is 0 Å². The molecule has 0 unspecified atom stereocenters. The zero-order valence-electron chi connectivity index (χ0n) is 12.4. The molecule has 1 aromatic carbocycles. The molecular formula is C15H18N2O5. The van der Waals surface area contributed by atoms with Crippen LogP contribution in [0.2, 0.25) is 0 Å². The Hall–Kier alpha value is -2.44. The molecule has 0 radical (unpaired) electrons. The molecule has 7 heteroatoms. The second-order valence-electron chi connectivity index (χ2n) is 5.28. The van der Waals surface area contributed by atoms with E-state index in [2.05, 4.69) is 0 Å². The third-order valence-corrected chi connectivity index (χ3v) is 3.88. The van der Waals surface area contributed by atoms with Crippen molar-refractivity contribution in [2.75, 3.05) is 20.2 Å². The number of rotatable bonds is 4. The van der Waals surface area contributed by atoms with E-state index in [0.717, 1.165) is 5.56 Å². The molecule has 1 aromatic rings. The van der Waals surface area contributed by atoms with Gasteiger partial charge in [0.1, 0.15) is 0 Å². The number of carbonyl (C=O) groups excluding carboxylic acids is 2. The minimum Gasteiger partial charge on any atom is -0.469 e. The summed E-state index contributed by atoms with van der Waals surface area (Å²) < 4.78 is 4.71. The quantitative estimate of drug-likeness (QED) is 0.478. The Bertz CT molecular complexity index is 562. The number of nitro benzene ring substituents is 1. The number of nitrogens with zero attached hydrogens (tertiary/aromatic N) is 2. The summed E-state index contributed by atoms with van der Waals surface area (Å²) in [6.45, 7) is 1.07. The van der Waals surface area contributed by atoms with Gasteiger partial charge in [0, 0.05) is 25.2 Å². The number of nitro groups is 1. The second kappa shape index (κ2) is 7.02. The van der Waals surface area contributed by atoms with Gasteiger partial charge in [-0.2, -0.15) is 0 Å². The van der Waals surface area contributed by atoms with Gasteiger partial charge in [-0.1, -0.05) is 12.1 Å². The largest absolute Gasteiger partial charge is 0.469 e. The van der Waals surface area contributed by atoms with Crippen LogP contribution in [0.15, 0.2) is 24.3 Å². The van der Waals surface area contributed by atoms with Crippen molar-refractivity contribution in [3.63, 3.8) is 0 Å². The Balaban J connectivity index is 1.88. The van der Waals surface area contributed by atoms with Crippen LogP contribution in [0, 0.1) is 16.0 Å². The molecule has 0 bridgehead atoms. The van der Waals surface area contributed by atoms with E-state index in [1.807, 2.05) is 0 Å². The lowest BCUT2D eigenvalue weighted by atomic mass is 9.96. The van der Waals surface area contributed by atoms with Crippen molar-refractivity contribution in [3.05, 3.63) is 39.9 Å². The monoisotopic (exact) mass is 306 g/mol. The first kappa shape index (κ1) is 15.9. The fraction of sp³-hybridized carbons (Fsp3) is 0.467. The van der Waals surface area contributed by atoms with E-state index in [4.69, 9.17) is 4.74 Å². The first-order chi connectivity index (χ1) is 10.5. The lowest BCUT2D eigenvalue weighted by Gasteiger charge is -2.30. The van der Waals surface area contributed by atoms with E-state index in [1.54, 1.807) is 17.0 Å². The summed E-state index contributed by atoms with van der Waals surface area (Å²) in [6.07, 6.45) is 1.43. The van der Waals surface area contributed by atoms with Crippen molar-refractivity contribution in [1.82, 2.24) is 4.90 Å². The number of amides is 1. The average Bonchev–Trinajstić information content (AvgIpc) is 2.54. The Labute approximate surface area is 128 Å². The molecule has 0 N–H and O–H groups in total. The number of benzene rings is 1. The number of methoxy groups -OCH3 is 1. The van der Waals surface area contributed by atoms with Crippen LogP contribution in [0.1, 0.15) is 18.4 Å². The summed E-state index contributed by atoms with van der Waals surface area (Å²) >= 11 is 0. The Morgan fingerprint density at radius 2 is 1.86 bits per heavy atom. The maximum atomic E-state index is 12.2. The van der Waals surface area contributed by atoms with Crippen molar-refractivity contribution < 1.29 is 19.2 Å². The van der Waals surface area contributed by atoms with E-state index in [0.29, 0.717) is 25.9 Å². The SMILES string of the molecule is COC(=O)C1CCN(C(=O)Cc2ccc([N+](=O)[O-])cc2)CC1. The maximum Gasteiger partial charge on any atom is 0.308 e. The normalized spacial score (nSPS) is 15.4. The van der Waals surface area contributed by atoms with E-state index in [-0.39, 0.29) is 29.9 Å². The van der Waals surface area contributed by atoms with Gasteiger partial charge >= 0.3 is 5.97 Å². The van der Waals surface area contributed by atoms with Gasteiger partial charge in [0.2, 0.25) is 5.91 Å². The number of hydrogen-bond acceptors (Lipinski definition) is 5. The highest BCUT2D eigenvalue weighted by Crippen LogP contribution is 2.19. The summed E-state index contributed by atoms with van der Waals surface area (Å²) in [6, 6.07) is 5.98. The van der Waals surface area contributed by atoms with Gasteiger partial charge in [-0.3, -0.25) is 19.7 Å². The second-order valence-corrected chi connectivity index (χ2v) is 5.28. The number of hydrogen-bond donors (Lipinski definition) is 0. The standard InChI is InChI=1S/C15H18N2O5/c1-22-15(19)12-6-8-16(9-7-12)14(18)10-11-2-4-13(5-3-11)17(20)21/h2-5,12H,6-10H2,1H3. The summed E-state index contributed by atoms with van der Waals surface area (Å²) in [5, 5.41) is 10.6. The van der Waals surface area contributed by atoms with Crippen molar-refractivity contribution in [2.24, 2.45) is 5.92 Å². The summed E-state index contributed by atoms with van der Waals surface area (Å²) in [5.41, 5.74) is 0.751. The van der Waals surface area contributed by atoms with Crippen LogP contribution in [0.4, 0.5) is 5.69 Å². The highest BCUT2D eigenvalue weighted by molar-refractivity contribution is 5.79. The maximum absolute atomic E-state index is 12.2. The van der Waals surface area contributed by atoms with Gasteiger partial charge in [-0.15, -0.1) is 0 Å². The van der Waals surface area contributed by atoms with Gasteiger partial charge in [-0.05, 0) is 18.4 Å². The first-order valence-corrected chi connectivity index (χ1v) is 7.10. The molecule has 0 saturated carbocycles. The smallest absolute Gasteiger partial charge is 0.308 e. The predicted octanol–water partition coefficient (Wildman–Crippen LogP) is 1.55. The van der Waals surface area contributed by atoms with E-state index < -0.39 is 4.92 Å². The topological polar surface area (TPSA) is 89.8 Å². The van der Waals surface area contributed by atoms with Crippen LogP contribution in [0.25, 0.3) is 0 Å². The fourth-order valence-electron chi connectivity index (χ4n) is 2.55. The molecule has 2 rings (SSSR count). The number of piperidine rings is 1. The van der Waals surface area contributed by atoms with Crippen LogP contribution in [-0.2, 0) is 20.7 Å². The number of carbonyl (C=O) groups is 2. The van der Waals surface area contributed by atoms with E-state index in [9.17, 15) is 19.7 Å². The summed E-state index contributed by atoms with van der Waals surface area (Å²) in [5.74, 6) is -0.381. The average molecular weight is 306 g/mol. The molecule has 1 fully saturated rings. The third kappa shape index (κ3) is 3.81. The molecule has 1 amide bonds. The van der Waals surface area contributed by atoms with Crippen molar-refractivity contribution in [3.8, 4) is 0 Å². The Kier molecular flexibility index (Phi) is 5.08. The summed E-state index contributed by atoms with van der Waals surface area (Å²) in [7, 11) is 1.37. The molecule has 7 nitrogen and oxygen atoms in total. The van der Waals surface area contributed by atoms with Crippen molar-refractivity contribution in [1.29, 1.82) is 0 Å². The predicted molar refractivity (Wildman–Crippen MR) is 78.1 cm³/mol. The van der Waals surface area contributed by atoms with Gasteiger partial charge in [0.05, 0.1) is 24.4 Å². The molecule has 0 atom stereocenters. The lowest BCUT2D eigenvalue weighted by Crippen LogP contribution is -2.41. The van der Waals surface area contributed by atoms with Crippen molar-refractivity contribution >= 4 is 17.6 Å². The van der Waals surface area contributed by atoms with Gasteiger partial charge in [-0.25, -0.2) is 0 Å². The lowest BCUT2D eigenvalue weighted by molar-refractivity contribution is -0.384. The van der Waals surface area contributed by atoms with Crippen molar-refractivity contribution in [2.45, 2.75) is 19.3 Å². The molecule has 0 aliphatic carbocycles. The van der Waals surface area contributed by atoms with Crippen LogP contribution < -0.4 is 0 Å². The molecule has 0 spiro atoms. The Morgan fingerprint density at radius 3 is 2.36 bits per heavy atom. The Morgan fingerprint density at radius 1 is 1.27 bits per heavy atom. The van der Waals surface area contributed by atoms with Crippen LogP contribution >= 0.6 is 0 Å². The summed E-state index contributed by atoms with van der Waals surface area (Å²) in [4.78, 5) is 35.5. The molecular weight excluding hydrogens is 288 g/mol. The molecule has 118 valence electrons. The zero-order chi connectivity index (χ0) is 16.1.